The van der Waals surface area contributed by atoms with E-state index in [1.165, 1.54) is 11.3 Å². The van der Waals surface area contributed by atoms with Crippen LogP contribution in [0.4, 0.5) is 0 Å². The summed E-state index contributed by atoms with van der Waals surface area (Å²) in [4.78, 5) is 0. The molecule has 1 aliphatic rings. The molecule has 0 aromatic carbocycles. The van der Waals surface area contributed by atoms with Gasteiger partial charge in [0.15, 0.2) is 0 Å². The Labute approximate surface area is 72.1 Å². The topological polar surface area (TPSA) is 37.9 Å². The number of rotatable bonds is 1. The van der Waals surface area contributed by atoms with Gasteiger partial charge in [0.2, 0.25) is 0 Å². The van der Waals surface area contributed by atoms with Crippen molar-refractivity contribution in [2.75, 3.05) is 13.2 Å². The number of aromatic nitrogens is 2. The average Bonchev–Trinajstić information content (AvgIpc) is 2.61. The first-order chi connectivity index (χ1) is 5.79. The lowest BCUT2D eigenvalue weighted by Crippen LogP contribution is -1.99. The first-order valence-corrected chi connectivity index (χ1v) is 4.38. The van der Waals surface area contributed by atoms with Crippen molar-refractivity contribution in [2.45, 2.75) is 26.2 Å². The molecular weight excluding hydrogens is 152 g/mol. The Morgan fingerprint density at radius 3 is 2.83 bits per heavy atom. The minimum Gasteiger partial charge on any atom is -0.381 e. The van der Waals surface area contributed by atoms with Crippen LogP contribution in [-0.4, -0.2) is 23.4 Å². The van der Waals surface area contributed by atoms with Crippen molar-refractivity contribution in [3.05, 3.63) is 17.0 Å². The van der Waals surface area contributed by atoms with Crippen molar-refractivity contribution in [2.24, 2.45) is 0 Å². The summed E-state index contributed by atoms with van der Waals surface area (Å²) in [6.07, 6.45) is 1.14. The van der Waals surface area contributed by atoms with Gasteiger partial charge in [-0.15, -0.1) is 0 Å². The summed E-state index contributed by atoms with van der Waals surface area (Å²) in [6, 6.07) is 0. The van der Waals surface area contributed by atoms with Crippen LogP contribution in [0.5, 0.6) is 0 Å². The summed E-state index contributed by atoms with van der Waals surface area (Å²) < 4.78 is 5.35. The van der Waals surface area contributed by atoms with Gasteiger partial charge in [-0.3, -0.25) is 5.10 Å². The van der Waals surface area contributed by atoms with Crippen molar-refractivity contribution in [1.82, 2.24) is 10.2 Å². The van der Waals surface area contributed by atoms with Gasteiger partial charge >= 0.3 is 0 Å². The molecule has 0 aliphatic carbocycles. The van der Waals surface area contributed by atoms with Crippen molar-refractivity contribution >= 4 is 0 Å². The number of nitrogens with one attached hydrogen (secondary N) is 1. The van der Waals surface area contributed by atoms with Gasteiger partial charge in [0.05, 0.1) is 12.3 Å². The van der Waals surface area contributed by atoms with Crippen LogP contribution in [0.2, 0.25) is 0 Å². The molecule has 1 aromatic heterocycles. The molecular formula is C9H14N2O. The second-order valence-electron chi connectivity index (χ2n) is 3.41. The fraction of sp³-hybridized carbons (Fsp3) is 0.667. The van der Waals surface area contributed by atoms with E-state index in [1.807, 2.05) is 0 Å². The fourth-order valence-electron chi connectivity index (χ4n) is 1.92. The average molecular weight is 166 g/mol. The SMILES string of the molecule is Cc1n[nH]c(C)c1[C@H]1CCOC1. The Bertz CT molecular complexity index is 255. The Balaban J connectivity index is 2.30. The minimum atomic E-state index is 0.573. The highest BCUT2D eigenvalue weighted by atomic mass is 16.5. The van der Waals surface area contributed by atoms with Crippen LogP contribution in [0.15, 0.2) is 0 Å². The van der Waals surface area contributed by atoms with Gasteiger partial charge in [0.1, 0.15) is 0 Å². The van der Waals surface area contributed by atoms with Crippen molar-refractivity contribution in [3.8, 4) is 0 Å². The predicted molar refractivity (Wildman–Crippen MR) is 46.2 cm³/mol. The second-order valence-corrected chi connectivity index (χ2v) is 3.41. The smallest absolute Gasteiger partial charge is 0.0629 e. The summed E-state index contributed by atoms with van der Waals surface area (Å²) in [5.41, 5.74) is 3.69. The summed E-state index contributed by atoms with van der Waals surface area (Å²) in [6.45, 7) is 5.89. The molecule has 0 spiro atoms. The molecule has 1 atom stereocenters. The van der Waals surface area contributed by atoms with Crippen LogP contribution >= 0.6 is 0 Å². The van der Waals surface area contributed by atoms with Crippen LogP contribution in [-0.2, 0) is 4.74 Å². The highest BCUT2D eigenvalue weighted by molar-refractivity contribution is 5.28. The number of hydrogen-bond acceptors (Lipinski definition) is 2. The molecule has 0 unspecified atom stereocenters. The van der Waals surface area contributed by atoms with Crippen molar-refractivity contribution < 1.29 is 4.74 Å². The second kappa shape index (κ2) is 2.90. The number of aromatic amines is 1. The maximum Gasteiger partial charge on any atom is 0.0629 e. The Morgan fingerprint density at radius 1 is 1.50 bits per heavy atom. The highest BCUT2D eigenvalue weighted by Crippen LogP contribution is 2.28. The zero-order chi connectivity index (χ0) is 8.55. The number of aryl methyl sites for hydroxylation is 2. The Hall–Kier alpha value is -0.830. The molecule has 3 nitrogen and oxygen atoms in total. The maximum absolute atomic E-state index is 5.35. The number of nitrogens with zero attached hydrogens (tertiary/aromatic N) is 1. The molecule has 1 aromatic rings. The maximum atomic E-state index is 5.35. The van der Waals surface area contributed by atoms with Crippen LogP contribution in [0.1, 0.15) is 29.3 Å². The van der Waals surface area contributed by atoms with Crippen molar-refractivity contribution in [1.29, 1.82) is 0 Å². The minimum absolute atomic E-state index is 0.573. The third kappa shape index (κ3) is 1.14. The highest BCUT2D eigenvalue weighted by Gasteiger charge is 2.22. The van der Waals surface area contributed by atoms with Crippen LogP contribution < -0.4 is 0 Å². The molecule has 12 heavy (non-hydrogen) atoms. The van der Waals surface area contributed by atoms with E-state index in [9.17, 15) is 0 Å². The summed E-state index contributed by atoms with van der Waals surface area (Å²) in [7, 11) is 0. The Kier molecular flexibility index (Phi) is 1.89. The van der Waals surface area contributed by atoms with Gasteiger partial charge < -0.3 is 4.74 Å². The monoisotopic (exact) mass is 166 g/mol. The lowest BCUT2D eigenvalue weighted by molar-refractivity contribution is 0.194. The molecule has 1 fully saturated rings. The van der Waals surface area contributed by atoms with Gasteiger partial charge in [-0.1, -0.05) is 0 Å². The van der Waals surface area contributed by atoms with E-state index in [4.69, 9.17) is 4.74 Å². The van der Waals surface area contributed by atoms with E-state index < -0.39 is 0 Å². The molecule has 2 rings (SSSR count). The molecule has 1 aliphatic heterocycles. The molecule has 1 saturated heterocycles. The quantitative estimate of drug-likeness (QED) is 0.687. The Morgan fingerprint density at radius 2 is 2.33 bits per heavy atom. The van der Waals surface area contributed by atoms with E-state index >= 15 is 0 Å². The van der Waals surface area contributed by atoms with E-state index in [0.717, 1.165) is 25.3 Å². The van der Waals surface area contributed by atoms with E-state index in [1.54, 1.807) is 0 Å². The molecule has 0 radical (unpaired) electrons. The van der Waals surface area contributed by atoms with Crippen LogP contribution in [0, 0.1) is 13.8 Å². The normalized spacial score (nSPS) is 23.3. The third-order valence-corrected chi connectivity index (χ3v) is 2.52. The van der Waals surface area contributed by atoms with Gasteiger partial charge in [-0.2, -0.15) is 5.10 Å². The number of hydrogen-bond donors (Lipinski definition) is 1. The lowest BCUT2D eigenvalue weighted by Gasteiger charge is -2.06. The molecule has 0 amide bonds. The molecule has 0 saturated carbocycles. The lowest BCUT2D eigenvalue weighted by atomic mass is 9.97. The van der Waals surface area contributed by atoms with Gasteiger partial charge in [-0.05, 0) is 20.3 Å². The summed E-state index contributed by atoms with van der Waals surface area (Å²) in [5.74, 6) is 0.573. The standard InChI is InChI=1S/C9H14N2O/c1-6-9(7(2)11-10-6)8-3-4-12-5-8/h8H,3-5H2,1-2H3,(H,10,11)/t8-/m0/s1. The van der Waals surface area contributed by atoms with Crippen molar-refractivity contribution in [3.63, 3.8) is 0 Å². The molecule has 1 N–H and O–H groups in total. The van der Waals surface area contributed by atoms with Crippen LogP contribution in [0.3, 0.4) is 0 Å². The predicted octanol–water partition coefficient (Wildman–Crippen LogP) is 1.53. The molecule has 0 bridgehead atoms. The third-order valence-electron chi connectivity index (χ3n) is 2.52. The van der Waals surface area contributed by atoms with E-state index in [2.05, 4.69) is 24.0 Å². The molecule has 66 valence electrons. The van der Waals surface area contributed by atoms with E-state index in [0.29, 0.717) is 5.92 Å². The van der Waals surface area contributed by atoms with E-state index in [-0.39, 0.29) is 0 Å². The first kappa shape index (κ1) is 7.80. The zero-order valence-corrected chi connectivity index (χ0v) is 7.55. The zero-order valence-electron chi connectivity index (χ0n) is 7.55. The fourth-order valence-corrected chi connectivity index (χ4v) is 1.92. The van der Waals surface area contributed by atoms with Gasteiger partial charge in [0.25, 0.3) is 0 Å². The van der Waals surface area contributed by atoms with Gasteiger partial charge in [-0.25, -0.2) is 0 Å². The number of H-pyrrole nitrogens is 1. The van der Waals surface area contributed by atoms with Crippen LogP contribution in [0.25, 0.3) is 0 Å². The summed E-state index contributed by atoms with van der Waals surface area (Å²) in [5, 5.41) is 7.19. The molecule has 3 heteroatoms. The first-order valence-electron chi connectivity index (χ1n) is 4.38. The molecule has 2 heterocycles. The largest absolute Gasteiger partial charge is 0.381 e. The number of ether oxygens (including phenoxy) is 1. The summed E-state index contributed by atoms with van der Waals surface area (Å²) >= 11 is 0. The van der Waals surface area contributed by atoms with Gasteiger partial charge in [0, 0.05) is 23.8 Å².